The lowest BCUT2D eigenvalue weighted by molar-refractivity contribution is -0.384. The molecule has 1 aromatic rings. The summed E-state index contributed by atoms with van der Waals surface area (Å²) in [6.07, 6.45) is 13.5. The highest BCUT2D eigenvalue weighted by molar-refractivity contribution is 5.77. The molecule has 0 bridgehead atoms. The molecule has 0 amide bonds. The molecular weight excluding hydrogens is 350 g/mol. The van der Waals surface area contributed by atoms with Crippen molar-refractivity contribution in [1.82, 2.24) is 0 Å². The van der Waals surface area contributed by atoms with Gasteiger partial charge in [0.1, 0.15) is 6.29 Å². The Hall–Kier alpha value is -2.75. The number of carbonyl (C=O) groups excluding carboxylic acids is 1. The Morgan fingerprint density at radius 1 is 1.14 bits per heavy atom. The van der Waals surface area contributed by atoms with Crippen LogP contribution in [0.3, 0.4) is 0 Å². The van der Waals surface area contributed by atoms with Gasteiger partial charge in [-0.05, 0) is 60.3 Å². The Bertz CT molecular complexity index is 898. The standard InChI is InChI=1S/C24H27NO3/c1-17-5-4-14-24(2,3)23(17)13-7-18-6-8-20(16-26)22(15-18)19-9-11-21(12-10-19)25(27)28/h6-13,16,22H,4-5,14-15H2,1-3H3/b13-7+. The van der Waals surface area contributed by atoms with E-state index in [9.17, 15) is 14.9 Å². The van der Waals surface area contributed by atoms with Crippen molar-refractivity contribution in [3.8, 4) is 0 Å². The minimum Gasteiger partial charge on any atom is -0.298 e. The Morgan fingerprint density at radius 2 is 1.86 bits per heavy atom. The molecule has 28 heavy (non-hydrogen) atoms. The van der Waals surface area contributed by atoms with Crippen LogP contribution in [0.15, 0.2) is 70.9 Å². The van der Waals surface area contributed by atoms with Crippen molar-refractivity contribution in [3.05, 3.63) is 86.5 Å². The molecule has 2 aliphatic carbocycles. The fourth-order valence-corrected chi connectivity index (χ4v) is 4.33. The normalized spacial score (nSPS) is 22.0. The van der Waals surface area contributed by atoms with Gasteiger partial charge in [0.15, 0.2) is 0 Å². The van der Waals surface area contributed by atoms with Gasteiger partial charge in [0, 0.05) is 18.1 Å². The predicted molar refractivity (Wildman–Crippen MR) is 112 cm³/mol. The topological polar surface area (TPSA) is 60.2 Å². The van der Waals surface area contributed by atoms with E-state index in [0.29, 0.717) is 12.0 Å². The van der Waals surface area contributed by atoms with Crippen LogP contribution in [-0.2, 0) is 4.79 Å². The molecule has 146 valence electrons. The summed E-state index contributed by atoms with van der Waals surface area (Å²) in [5.41, 5.74) is 5.92. The monoisotopic (exact) mass is 377 g/mol. The molecular formula is C24H27NO3. The van der Waals surface area contributed by atoms with E-state index in [1.165, 1.54) is 36.1 Å². The van der Waals surface area contributed by atoms with E-state index in [4.69, 9.17) is 0 Å². The van der Waals surface area contributed by atoms with Gasteiger partial charge < -0.3 is 0 Å². The van der Waals surface area contributed by atoms with Gasteiger partial charge in [0.2, 0.25) is 0 Å². The molecule has 0 heterocycles. The number of nitro groups is 1. The van der Waals surface area contributed by atoms with Gasteiger partial charge in [-0.15, -0.1) is 0 Å². The number of nitrogens with zero attached hydrogens (tertiary/aromatic N) is 1. The first-order valence-electron chi connectivity index (χ1n) is 9.80. The summed E-state index contributed by atoms with van der Waals surface area (Å²) < 4.78 is 0. The van der Waals surface area contributed by atoms with Gasteiger partial charge in [-0.25, -0.2) is 0 Å². The zero-order valence-electron chi connectivity index (χ0n) is 16.8. The molecule has 1 aromatic carbocycles. The number of aldehydes is 1. The zero-order chi connectivity index (χ0) is 20.3. The van der Waals surface area contributed by atoms with E-state index < -0.39 is 4.92 Å². The highest BCUT2D eigenvalue weighted by Crippen LogP contribution is 2.41. The van der Waals surface area contributed by atoms with Gasteiger partial charge in [0.25, 0.3) is 5.69 Å². The minimum atomic E-state index is -0.406. The van der Waals surface area contributed by atoms with Crippen LogP contribution in [0.1, 0.15) is 57.9 Å². The summed E-state index contributed by atoms with van der Waals surface area (Å²) in [5, 5.41) is 10.9. The molecule has 1 atom stereocenters. The minimum absolute atomic E-state index is 0.0637. The van der Waals surface area contributed by atoms with Crippen molar-refractivity contribution < 1.29 is 9.72 Å². The summed E-state index contributed by atoms with van der Waals surface area (Å²) >= 11 is 0. The third-order valence-corrected chi connectivity index (χ3v) is 5.98. The van der Waals surface area contributed by atoms with Crippen LogP contribution in [0.2, 0.25) is 0 Å². The van der Waals surface area contributed by atoms with E-state index in [1.807, 2.05) is 12.2 Å². The first-order chi connectivity index (χ1) is 13.3. The Labute approximate surface area is 166 Å². The van der Waals surface area contributed by atoms with Crippen LogP contribution >= 0.6 is 0 Å². The molecule has 0 spiro atoms. The van der Waals surface area contributed by atoms with Crippen LogP contribution < -0.4 is 0 Å². The second-order valence-electron chi connectivity index (χ2n) is 8.40. The first kappa shape index (κ1) is 20.0. The SMILES string of the molecule is CC1=C(/C=C/C2=CC=C(C=O)C(c3ccc([N+](=O)[O-])cc3)C2)C(C)(C)CCC1. The number of benzene rings is 1. The number of non-ortho nitro benzene ring substituents is 1. The summed E-state index contributed by atoms with van der Waals surface area (Å²) in [5.74, 6) is -0.0719. The number of hydrogen-bond acceptors (Lipinski definition) is 3. The van der Waals surface area contributed by atoms with Gasteiger partial charge in [0.05, 0.1) is 4.92 Å². The number of nitro benzene ring substituents is 1. The Balaban J connectivity index is 1.84. The summed E-state index contributed by atoms with van der Waals surface area (Å²) in [6.45, 7) is 6.82. The molecule has 0 aromatic heterocycles. The lowest BCUT2D eigenvalue weighted by Gasteiger charge is -2.33. The maximum Gasteiger partial charge on any atom is 0.269 e. The lowest BCUT2D eigenvalue weighted by atomic mass is 9.72. The van der Waals surface area contributed by atoms with Crippen molar-refractivity contribution in [1.29, 1.82) is 0 Å². The van der Waals surface area contributed by atoms with E-state index >= 15 is 0 Å². The lowest BCUT2D eigenvalue weighted by Crippen LogP contribution is -2.19. The Morgan fingerprint density at radius 3 is 2.46 bits per heavy atom. The highest BCUT2D eigenvalue weighted by atomic mass is 16.6. The number of allylic oxidation sites excluding steroid dienone is 8. The quantitative estimate of drug-likeness (QED) is 0.348. The first-order valence-corrected chi connectivity index (χ1v) is 9.80. The molecule has 4 heteroatoms. The maximum atomic E-state index is 11.5. The smallest absolute Gasteiger partial charge is 0.269 e. The second-order valence-corrected chi connectivity index (χ2v) is 8.40. The number of hydrogen-bond donors (Lipinski definition) is 0. The van der Waals surface area contributed by atoms with Gasteiger partial charge in [-0.3, -0.25) is 14.9 Å². The van der Waals surface area contributed by atoms with Crippen molar-refractivity contribution in [2.45, 2.75) is 52.4 Å². The predicted octanol–water partition coefficient (Wildman–Crippen LogP) is 6.22. The molecule has 1 unspecified atom stereocenters. The molecule has 2 aliphatic rings. The summed E-state index contributed by atoms with van der Waals surface area (Å²) in [6, 6.07) is 6.52. The van der Waals surface area contributed by atoms with Gasteiger partial charge >= 0.3 is 0 Å². The number of rotatable bonds is 5. The molecule has 0 N–H and O–H groups in total. The molecule has 0 saturated heterocycles. The van der Waals surface area contributed by atoms with E-state index in [-0.39, 0.29) is 17.0 Å². The van der Waals surface area contributed by atoms with E-state index in [1.54, 1.807) is 12.1 Å². The maximum absolute atomic E-state index is 11.5. The fraction of sp³-hybridized carbons (Fsp3) is 0.375. The van der Waals surface area contributed by atoms with Crippen LogP contribution in [0, 0.1) is 15.5 Å². The van der Waals surface area contributed by atoms with Gasteiger partial charge in [-0.1, -0.05) is 55.9 Å². The zero-order valence-corrected chi connectivity index (χ0v) is 16.8. The summed E-state index contributed by atoms with van der Waals surface area (Å²) in [4.78, 5) is 22.0. The Kier molecular flexibility index (Phi) is 5.78. The average molecular weight is 377 g/mol. The summed E-state index contributed by atoms with van der Waals surface area (Å²) in [7, 11) is 0. The van der Waals surface area contributed by atoms with E-state index in [2.05, 4.69) is 32.9 Å². The highest BCUT2D eigenvalue weighted by Gasteiger charge is 2.27. The fourth-order valence-electron chi connectivity index (χ4n) is 4.33. The van der Waals surface area contributed by atoms with Crippen LogP contribution in [0.5, 0.6) is 0 Å². The number of carbonyl (C=O) groups is 1. The third-order valence-electron chi connectivity index (χ3n) is 5.98. The van der Waals surface area contributed by atoms with Crippen LogP contribution in [0.25, 0.3) is 0 Å². The molecule has 0 saturated carbocycles. The molecule has 4 nitrogen and oxygen atoms in total. The van der Waals surface area contributed by atoms with Gasteiger partial charge in [-0.2, -0.15) is 0 Å². The van der Waals surface area contributed by atoms with E-state index in [0.717, 1.165) is 23.8 Å². The van der Waals surface area contributed by atoms with Crippen LogP contribution in [-0.4, -0.2) is 11.2 Å². The van der Waals surface area contributed by atoms with Crippen LogP contribution in [0.4, 0.5) is 5.69 Å². The second kappa shape index (κ2) is 8.09. The van der Waals surface area contributed by atoms with Crippen molar-refractivity contribution in [3.63, 3.8) is 0 Å². The molecule has 3 rings (SSSR count). The molecule has 0 radical (unpaired) electrons. The molecule has 0 aliphatic heterocycles. The molecule has 0 fully saturated rings. The average Bonchev–Trinajstić information content (AvgIpc) is 2.67. The largest absolute Gasteiger partial charge is 0.298 e. The van der Waals surface area contributed by atoms with Crippen molar-refractivity contribution in [2.75, 3.05) is 0 Å². The van der Waals surface area contributed by atoms with Crippen molar-refractivity contribution in [2.24, 2.45) is 5.41 Å². The third kappa shape index (κ3) is 4.22. The van der Waals surface area contributed by atoms with Crippen molar-refractivity contribution >= 4 is 12.0 Å².